The number of hydrogen-bond acceptors (Lipinski definition) is 4. The average Bonchev–Trinajstić information content (AvgIpc) is 2.85. The van der Waals surface area contributed by atoms with Crippen LogP contribution in [0.4, 0.5) is 4.39 Å². The molecule has 90 valence electrons. The van der Waals surface area contributed by atoms with Gasteiger partial charge in [-0.1, -0.05) is 6.92 Å². The molecule has 2 aromatic rings. The molecule has 1 unspecified atom stereocenters. The van der Waals surface area contributed by atoms with Crippen LogP contribution in [0.5, 0.6) is 0 Å². The summed E-state index contributed by atoms with van der Waals surface area (Å²) in [6.07, 6.45) is 2.16. The second-order valence-electron chi connectivity index (χ2n) is 3.72. The number of rotatable bonds is 5. The Hall–Kier alpha value is -1.33. The molecular weight excluding hydrogens is 237 g/mol. The van der Waals surface area contributed by atoms with E-state index in [1.165, 1.54) is 12.3 Å². The molecule has 5 heteroatoms. The molecule has 1 N–H and O–H groups in total. The Morgan fingerprint density at radius 1 is 1.41 bits per heavy atom. The van der Waals surface area contributed by atoms with Crippen molar-refractivity contribution in [2.45, 2.75) is 25.9 Å². The zero-order valence-electron chi connectivity index (χ0n) is 9.56. The first-order chi connectivity index (χ1) is 8.29. The van der Waals surface area contributed by atoms with E-state index in [0.29, 0.717) is 6.54 Å². The van der Waals surface area contributed by atoms with E-state index >= 15 is 0 Å². The number of halogens is 1. The fourth-order valence-electron chi connectivity index (χ4n) is 1.60. The summed E-state index contributed by atoms with van der Waals surface area (Å²) in [4.78, 5) is 8.30. The zero-order chi connectivity index (χ0) is 12.1. The van der Waals surface area contributed by atoms with E-state index in [-0.39, 0.29) is 11.9 Å². The van der Waals surface area contributed by atoms with Crippen LogP contribution in [0.25, 0.3) is 0 Å². The maximum absolute atomic E-state index is 12.8. The van der Waals surface area contributed by atoms with Crippen molar-refractivity contribution in [3.05, 3.63) is 46.4 Å². The molecule has 0 aliphatic rings. The lowest BCUT2D eigenvalue weighted by Gasteiger charge is -2.15. The van der Waals surface area contributed by atoms with Crippen LogP contribution < -0.4 is 5.32 Å². The van der Waals surface area contributed by atoms with Crippen molar-refractivity contribution in [2.75, 3.05) is 0 Å². The molecule has 2 heterocycles. The van der Waals surface area contributed by atoms with Crippen LogP contribution in [0.2, 0.25) is 0 Å². The van der Waals surface area contributed by atoms with Gasteiger partial charge in [0.1, 0.15) is 5.82 Å². The van der Waals surface area contributed by atoms with Crippen LogP contribution in [-0.4, -0.2) is 9.97 Å². The highest BCUT2D eigenvalue weighted by Gasteiger charge is 2.10. The molecule has 0 saturated carbocycles. The largest absolute Gasteiger partial charge is 0.303 e. The molecule has 0 spiro atoms. The molecule has 2 aromatic heterocycles. The molecule has 0 radical (unpaired) electrons. The SMILES string of the molecule is CCC(NCc1cscn1)c1ccc(F)cn1. The molecular formula is C12H14FN3S. The minimum atomic E-state index is -0.303. The number of nitrogens with one attached hydrogen (secondary N) is 1. The van der Waals surface area contributed by atoms with Gasteiger partial charge < -0.3 is 5.32 Å². The number of thiazole rings is 1. The summed E-state index contributed by atoms with van der Waals surface area (Å²) in [7, 11) is 0. The quantitative estimate of drug-likeness (QED) is 0.888. The summed E-state index contributed by atoms with van der Waals surface area (Å²) in [6, 6.07) is 3.30. The lowest BCUT2D eigenvalue weighted by molar-refractivity contribution is 0.501. The third kappa shape index (κ3) is 3.31. The van der Waals surface area contributed by atoms with Crippen molar-refractivity contribution in [3.63, 3.8) is 0 Å². The van der Waals surface area contributed by atoms with Gasteiger partial charge in [-0.25, -0.2) is 9.37 Å². The molecule has 17 heavy (non-hydrogen) atoms. The Bertz CT molecular complexity index is 441. The van der Waals surface area contributed by atoms with Gasteiger partial charge in [-0.15, -0.1) is 11.3 Å². The minimum Gasteiger partial charge on any atom is -0.303 e. The van der Waals surface area contributed by atoms with Gasteiger partial charge in [0.2, 0.25) is 0 Å². The molecule has 0 bridgehead atoms. The first kappa shape index (κ1) is 12.1. The maximum atomic E-state index is 12.8. The van der Waals surface area contributed by atoms with E-state index in [2.05, 4.69) is 22.2 Å². The van der Waals surface area contributed by atoms with Gasteiger partial charge in [0.15, 0.2) is 0 Å². The number of pyridine rings is 1. The van der Waals surface area contributed by atoms with E-state index in [9.17, 15) is 4.39 Å². The van der Waals surface area contributed by atoms with Crippen LogP contribution >= 0.6 is 11.3 Å². The summed E-state index contributed by atoms with van der Waals surface area (Å²) in [5, 5.41) is 5.38. The Kier molecular flexibility index (Phi) is 4.17. The molecule has 0 saturated heterocycles. The summed E-state index contributed by atoms with van der Waals surface area (Å²) in [6.45, 7) is 2.78. The lowest BCUT2D eigenvalue weighted by atomic mass is 10.1. The predicted octanol–water partition coefficient (Wildman–Crippen LogP) is 2.92. The molecule has 3 nitrogen and oxygen atoms in total. The summed E-state index contributed by atoms with van der Waals surface area (Å²) in [5.74, 6) is -0.303. The van der Waals surface area contributed by atoms with Gasteiger partial charge >= 0.3 is 0 Å². The second-order valence-corrected chi connectivity index (χ2v) is 4.44. The van der Waals surface area contributed by atoms with Gasteiger partial charge in [0.25, 0.3) is 0 Å². The van der Waals surface area contributed by atoms with Gasteiger partial charge in [-0.2, -0.15) is 0 Å². The smallest absolute Gasteiger partial charge is 0.141 e. The Morgan fingerprint density at radius 2 is 2.29 bits per heavy atom. The van der Waals surface area contributed by atoms with Crippen LogP contribution in [0.3, 0.4) is 0 Å². The second kappa shape index (κ2) is 5.84. The third-order valence-corrected chi connectivity index (χ3v) is 3.16. The van der Waals surface area contributed by atoms with Gasteiger partial charge in [0, 0.05) is 18.0 Å². The molecule has 0 aromatic carbocycles. The zero-order valence-corrected chi connectivity index (χ0v) is 10.4. The van der Waals surface area contributed by atoms with Gasteiger partial charge in [-0.05, 0) is 18.6 Å². The summed E-state index contributed by atoms with van der Waals surface area (Å²) >= 11 is 1.58. The van der Waals surface area contributed by atoms with E-state index < -0.39 is 0 Å². The molecule has 0 amide bonds. The van der Waals surface area contributed by atoms with Crippen LogP contribution in [0.15, 0.2) is 29.2 Å². The average molecular weight is 251 g/mol. The van der Waals surface area contributed by atoms with Crippen LogP contribution in [0.1, 0.15) is 30.8 Å². The first-order valence-corrected chi connectivity index (χ1v) is 6.45. The Labute approximate surface area is 104 Å². The van der Waals surface area contributed by atoms with E-state index in [1.807, 2.05) is 10.9 Å². The lowest BCUT2D eigenvalue weighted by Crippen LogP contribution is -2.21. The first-order valence-electron chi connectivity index (χ1n) is 5.51. The van der Waals surface area contributed by atoms with Crippen molar-refractivity contribution < 1.29 is 4.39 Å². The van der Waals surface area contributed by atoms with Crippen molar-refractivity contribution in [1.82, 2.24) is 15.3 Å². The monoisotopic (exact) mass is 251 g/mol. The Balaban J connectivity index is 1.99. The highest BCUT2D eigenvalue weighted by atomic mass is 32.1. The van der Waals surface area contributed by atoms with E-state index in [4.69, 9.17) is 0 Å². The molecule has 0 aliphatic carbocycles. The van der Waals surface area contributed by atoms with E-state index in [1.54, 1.807) is 17.4 Å². The van der Waals surface area contributed by atoms with Crippen LogP contribution in [0, 0.1) is 5.82 Å². The molecule has 0 aliphatic heterocycles. The minimum absolute atomic E-state index is 0.136. The fourth-order valence-corrected chi connectivity index (χ4v) is 2.16. The normalized spacial score (nSPS) is 12.6. The topological polar surface area (TPSA) is 37.8 Å². The number of nitrogens with zero attached hydrogens (tertiary/aromatic N) is 2. The highest BCUT2D eigenvalue weighted by molar-refractivity contribution is 7.07. The standard InChI is InChI=1S/C12H14FN3S/c1-2-11(12-4-3-9(13)5-14-12)15-6-10-7-17-8-16-10/h3-5,7-8,11,15H,2,6H2,1H3. The Morgan fingerprint density at radius 3 is 2.88 bits per heavy atom. The van der Waals surface area contributed by atoms with Gasteiger partial charge in [-0.3, -0.25) is 4.98 Å². The predicted molar refractivity (Wildman–Crippen MR) is 66.2 cm³/mol. The maximum Gasteiger partial charge on any atom is 0.141 e. The molecule has 0 fully saturated rings. The van der Waals surface area contributed by atoms with Crippen molar-refractivity contribution in [3.8, 4) is 0 Å². The summed E-state index contributed by atoms with van der Waals surface area (Å²) in [5.41, 5.74) is 3.70. The number of hydrogen-bond donors (Lipinski definition) is 1. The fraction of sp³-hybridized carbons (Fsp3) is 0.333. The van der Waals surface area contributed by atoms with Crippen LogP contribution in [-0.2, 0) is 6.54 Å². The van der Waals surface area contributed by atoms with Crippen molar-refractivity contribution in [1.29, 1.82) is 0 Å². The van der Waals surface area contributed by atoms with Crippen molar-refractivity contribution >= 4 is 11.3 Å². The van der Waals surface area contributed by atoms with E-state index in [0.717, 1.165) is 17.8 Å². The number of aromatic nitrogens is 2. The molecule has 1 atom stereocenters. The van der Waals surface area contributed by atoms with Gasteiger partial charge in [0.05, 0.1) is 23.1 Å². The highest BCUT2D eigenvalue weighted by Crippen LogP contribution is 2.15. The molecule has 2 rings (SSSR count). The summed E-state index contributed by atoms with van der Waals surface area (Å²) < 4.78 is 12.8. The third-order valence-electron chi connectivity index (χ3n) is 2.53. The van der Waals surface area contributed by atoms with Crippen molar-refractivity contribution in [2.24, 2.45) is 0 Å².